The largest absolute Gasteiger partial charge is 0.320 e. The zero-order valence-corrected chi connectivity index (χ0v) is 9.90. The summed E-state index contributed by atoms with van der Waals surface area (Å²) in [7, 11) is 0. The predicted molar refractivity (Wildman–Crippen MR) is 68.1 cm³/mol. The summed E-state index contributed by atoms with van der Waals surface area (Å²) < 4.78 is 0. The van der Waals surface area contributed by atoms with Crippen LogP contribution in [0, 0.1) is 13.8 Å². The first-order chi connectivity index (χ1) is 8.16. The molecule has 1 heterocycles. The molecule has 0 atom stereocenters. The van der Waals surface area contributed by atoms with Gasteiger partial charge >= 0.3 is 0 Å². The van der Waals surface area contributed by atoms with Crippen molar-refractivity contribution in [2.45, 2.75) is 13.8 Å². The number of hydrogen-bond acceptors (Lipinski definition) is 2. The Labute approximate surface area is 101 Å². The zero-order chi connectivity index (χ0) is 12.3. The Morgan fingerprint density at radius 3 is 2.65 bits per heavy atom. The molecule has 1 aromatic carbocycles. The fraction of sp³-hybridized carbons (Fsp3) is 0.143. The highest BCUT2D eigenvalue weighted by molar-refractivity contribution is 6.03. The molecule has 2 rings (SSSR count). The molecular weight excluding hydrogens is 212 g/mol. The summed E-state index contributed by atoms with van der Waals surface area (Å²) in [5, 5.41) is 2.85. The maximum absolute atomic E-state index is 11.9. The predicted octanol–water partition coefficient (Wildman–Crippen LogP) is 2.95. The van der Waals surface area contributed by atoms with E-state index in [1.165, 1.54) is 5.56 Å². The molecule has 0 bridgehead atoms. The fourth-order valence-corrected chi connectivity index (χ4v) is 1.64. The van der Waals surface area contributed by atoms with Gasteiger partial charge in [0.15, 0.2) is 0 Å². The van der Waals surface area contributed by atoms with Crippen molar-refractivity contribution in [1.29, 1.82) is 0 Å². The lowest BCUT2D eigenvalue weighted by Gasteiger charge is -2.08. The first-order valence-electron chi connectivity index (χ1n) is 5.46. The molecule has 0 spiro atoms. The van der Waals surface area contributed by atoms with E-state index in [-0.39, 0.29) is 5.91 Å². The molecule has 0 aliphatic carbocycles. The molecule has 1 N–H and O–H groups in total. The Kier molecular flexibility index (Phi) is 3.19. The fourth-order valence-electron chi connectivity index (χ4n) is 1.64. The minimum atomic E-state index is -0.183. The molecule has 3 heteroatoms. The lowest BCUT2D eigenvalue weighted by Crippen LogP contribution is -2.14. The van der Waals surface area contributed by atoms with Crippen molar-refractivity contribution in [3.63, 3.8) is 0 Å². The highest BCUT2D eigenvalue weighted by Gasteiger charge is 2.07. The summed E-state index contributed by atoms with van der Waals surface area (Å²) >= 11 is 0. The normalized spacial score (nSPS) is 10.0. The summed E-state index contributed by atoms with van der Waals surface area (Å²) in [5.74, 6) is -0.183. The van der Waals surface area contributed by atoms with Crippen molar-refractivity contribution >= 4 is 11.6 Å². The summed E-state index contributed by atoms with van der Waals surface area (Å²) in [5.41, 5.74) is 3.48. The topological polar surface area (TPSA) is 42.0 Å². The number of rotatable bonds is 2. The van der Waals surface area contributed by atoms with Gasteiger partial charge in [0.05, 0.1) is 0 Å². The number of hydrogen-bond donors (Lipinski definition) is 1. The number of nitrogens with one attached hydrogen (secondary N) is 1. The SMILES string of the molecule is Cc1ccc(NC(=O)c2ccccn2)c(C)c1. The van der Waals surface area contributed by atoms with Crippen LogP contribution in [0.1, 0.15) is 21.6 Å². The van der Waals surface area contributed by atoms with Crippen LogP contribution >= 0.6 is 0 Å². The van der Waals surface area contributed by atoms with Crippen LogP contribution in [-0.2, 0) is 0 Å². The number of anilines is 1. The number of nitrogens with zero attached hydrogens (tertiary/aromatic N) is 1. The molecule has 0 radical (unpaired) electrons. The van der Waals surface area contributed by atoms with E-state index < -0.39 is 0 Å². The lowest BCUT2D eigenvalue weighted by molar-refractivity contribution is 0.102. The number of aryl methyl sites for hydroxylation is 2. The van der Waals surface area contributed by atoms with Gasteiger partial charge in [0.2, 0.25) is 0 Å². The van der Waals surface area contributed by atoms with E-state index in [1.54, 1.807) is 24.4 Å². The van der Waals surface area contributed by atoms with Gasteiger partial charge in [-0.05, 0) is 37.6 Å². The van der Waals surface area contributed by atoms with E-state index in [1.807, 2.05) is 32.0 Å². The molecule has 1 amide bonds. The van der Waals surface area contributed by atoms with Gasteiger partial charge in [0.25, 0.3) is 5.91 Å². The van der Waals surface area contributed by atoms with Crippen molar-refractivity contribution in [3.05, 3.63) is 59.4 Å². The van der Waals surface area contributed by atoms with Gasteiger partial charge in [-0.2, -0.15) is 0 Å². The van der Waals surface area contributed by atoms with Crippen LogP contribution in [-0.4, -0.2) is 10.9 Å². The summed E-state index contributed by atoms with van der Waals surface area (Å²) in [6.07, 6.45) is 1.61. The molecular formula is C14H14N2O. The van der Waals surface area contributed by atoms with Crippen LogP contribution in [0.25, 0.3) is 0 Å². The van der Waals surface area contributed by atoms with E-state index in [0.717, 1.165) is 11.3 Å². The van der Waals surface area contributed by atoms with Crippen LogP contribution in [0.2, 0.25) is 0 Å². The van der Waals surface area contributed by atoms with E-state index in [4.69, 9.17) is 0 Å². The highest BCUT2D eigenvalue weighted by atomic mass is 16.1. The molecule has 0 saturated heterocycles. The third kappa shape index (κ3) is 2.69. The second-order valence-corrected chi connectivity index (χ2v) is 3.99. The molecule has 1 aromatic heterocycles. The van der Waals surface area contributed by atoms with Gasteiger partial charge in [0.1, 0.15) is 5.69 Å². The van der Waals surface area contributed by atoms with Gasteiger partial charge < -0.3 is 5.32 Å². The number of amides is 1. The third-order valence-electron chi connectivity index (χ3n) is 2.53. The third-order valence-corrected chi connectivity index (χ3v) is 2.53. The molecule has 0 aliphatic rings. The first kappa shape index (κ1) is 11.3. The molecule has 3 nitrogen and oxygen atoms in total. The summed E-state index contributed by atoms with van der Waals surface area (Å²) in [6, 6.07) is 11.2. The van der Waals surface area contributed by atoms with Crippen molar-refractivity contribution in [2.24, 2.45) is 0 Å². The minimum Gasteiger partial charge on any atom is -0.320 e. The molecule has 86 valence electrons. The standard InChI is InChI=1S/C14H14N2O/c1-10-6-7-12(11(2)9-10)16-14(17)13-5-3-4-8-15-13/h3-9H,1-2H3,(H,16,17). The average Bonchev–Trinajstić information content (AvgIpc) is 2.34. The van der Waals surface area contributed by atoms with Crippen LogP contribution in [0.15, 0.2) is 42.6 Å². The molecule has 0 aliphatic heterocycles. The van der Waals surface area contributed by atoms with Gasteiger partial charge in [-0.15, -0.1) is 0 Å². The van der Waals surface area contributed by atoms with Gasteiger partial charge in [-0.25, -0.2) is 0 Å². The number of benzene rings is 1. The maximum Gasteiger partial charge on any atom is 0.274 e. The molecule has 0 fully saturated rings. The molecule has 17 heavy (non-hydrogen) atoms. The molecule has 0 saturated carbocycles. The van der Waals surface area contributed by atoms with E-state index in [9.17, 15) is 4.79 Å². The monoisotopic (exact) mass is 226 g/mol. The number of pyridine rings is 1. The van der Waals surface area contributed by atoms with Crippen LogP contribution in [0.4, 0.5) is 5.69 Å². The smallest absolute Gasteiger partial charge is 0.274 e. The van der Waals surface area contributed by atoms with E-state index in [0.29, 0.717) is 5.69 Å². The van der Waals surface area contributed by atoms with Gasteiger partial charge in [0, 0.05) is 11.9 Å². The highest BCUT2D eigenvalue weighted by Crippen LogP contribution is 2.16. The Morgan fingerprint density at radius 2 is 2.00 bits per heavy atom. The zero-order valence-electron chi connectivity index (χ0n) is 9.90. The number of aromatic nitrogens is 1. The summed E-state index contributed by atoms with van der Waals surface area (Å²) in [4.78, 5) is 15.9. The Hall–Kier alpha value is -2.16. The van der Waals surface area contributed by atoms with Gasteiger partial charge in [-0.3, -0.25) is 9.78 Å². The quantitative estimate of drug-likeness (QED) is 0.855. The van der Waals surface area contributed by atoms with Gasteiger partial charge in [-0.1, -0.05) is 23.8 Å². The number of carbonyl (C=O) groups excluding carboxylic acids is 1. The maximum atomic E-state index is 11.9. The summed E-state index contributed by atoms with van der Waals surface area (Å²) in [6.45, 7) is 4.00. The Balaban J connectivity index is 2.19. The minimum absolute atomic E-state index is 0.183. The second kappa shape index (κ2) is 4.78. The Morgan fingerprint density at radius 1 is 1.18 bits per heavy atom. The van der Waals surface area contributed by atoms with E-state index >= 15 is 0 Å². The second-order valence-electron chi connectivity index (χ2n) is 3.99. The van der Waals surface area contributed by atoms with Crippen LogP contribution < -0.4 is 5.32 Å². The van der Waals surface area contributed by atoms with Crippen LogP contribution in [0.5, 0.6) is 0 Å². The van der Waals surface area contributed by atoms with E-state index in [2.05, 4.69) is 10.3 Å². The Bertz CT molecular complexity index is 535. The van der Waals surface area contributed by atoms with Crippen molar-refractivity contribution in [2.75, 3.05) is 5.32 Å². The lowest BCUT2D eigenvalue weighted by atomic mass is 10.1. The van der Waals surface area contributed by atoms with Crippen molar-refractivity contribution in [3.8, 4) is 0 Å². The van der Waals surface area contributed by atoms with Crippen molar-refractivity contribution in [1.82, 2.24) is 4.98 Å². The molecule has 0 unspecified atom stereocenters. The number of carbonyl (C=O) groups is 1. The first-order valence-corrected chi connectivity index (χ1v) is 5.46. The van der Waals surface area contributed by atoms with Crippen molar-refractivity contribution < 1.29 is 4.79 Å². The average molecular weight is 226 g/mol. The molecule has 2 aromatic rings. The van der Waals surface area contributed by atoms with Crippen LogP contribution in [0.3, 0.4) is 0 Å².